The van der Waals surface area contributed by atoms with Crippen LogP contribution in [-0.4, -0.2) is 21.9 Å². The second-order valence-corrected chi connectivity index (χ2v) is 2.67. The SMILES string of the molecule is CCCCn1cc[n+](C)c1.Cl.[Al].[Br-]. The minimum atomic E-state index is 0. The van der Waals surface area contributed by atoms with Crippen LogP contribution in [0.15, 0.2) is 18.7 Å². The Bertz CT molecular complexity index is 206. The molecular weight excluding hydrogens is 266 g/mol. The van der Waals surface area contributed by atoms with E-state index in [1.165, 1.54) is 12.8 Å². The quantitative estimate of drug-likeness (QED) is 0.455. The van der Waals surface area contributed by atoms with Crippen LogP contribution in [0.25, 0.3) is 0 Å². The predicted molar refractivity (Wildman–Crippen MR) is 53.5 cm³/mol. The molecule has 75 valence electrons. The van der Waals surface area contributed by atoms with E-state index in [9.17, 15) is 0 Å². The molecule has 0 amide bonds. The summed E-state index contributed by atoms with van der Waals surface area (Å²) in [6.45, 7) is 3.36. The van der Waals surface area contributed by atoms with E-state index in [4.69, 9.17) is 0 Å². The molecule has 0 saturated heterocycles. The van der Waals surface area contributed by atoms with Crippen molar-refractivity contribution in [3.8, 4) is 0 Å². The fraction of sp³-hybridized carbons (Fsp3) is 0.625. The van der Waals surface area contributed by atoms with Gasteiger partial charge in [0.1, 0.15) is 12.4 Å². The zero-order chi connectivity index (χ0) is 7.40. The number of rotatable bonds is 3. The summed E-state index contributed by atoms with van der Waals surface area (Å²) in [5, 5.41) is 0. The lowest BCUT2D eigenvalue weighted by Crippen LogP contribution is -3.00. The number of aryl methyl sites for hydroxylation is 2. The van der Waals surface area contributed by atoms with Gasteiger partial charge in [-0.05, 0) is 6.42 Å². The minimum absolute atomic E-state index is 0. The number of unbranched alkanes of at least 4 members (excludes halogenated alkanes) is 1. The van der Waals surface area contributed by atoms with E-state index in [1.54, 1.807) is 0 Å². The molecule has 1 aromatic heterocycles. The number of aromatic nitrogens is 2. The summed E-state index contributed by atoms with van der Waals surface area (Å²) in [6.07, 6.45) is 8.82. The number of imidazole rings is 1. The van der Waals surface area contributed by atoms with Crippen LogP contribution in [0, 0.1) is 0 Å². The van der Waals surface area contributed by atoms with Gasteiger partial charge >= 0.3 is 0 Å². The molecule has 0 aliphatic carbocycles. The highest BCUT2D eigenvalue weighted by Gasteiger charge is 1.96. The Balaban J connectivity index is -0.000000333. The van der Waals surface area contributed by atoms with Crippen LogP contribution in [0.3, 0.4) is 0 Å². The highest BCUT2D eigenvalue weighted by molar-refractivity contribution is 5.85. The molecule has 0 bridgehead atoms. The molecule has 13 heavy (non-hydrogen) atoms. The van der Waals surface area contributed by atoms with Crippen molar-refractivity contribution in [2.75, 3.05) is 0 Å². The van der Waals surface area contributed by atoms with Gasteiger partial charge in [0.15, 0.2) is 0 Å². The van der Waals surface area contributed by atoms with Crippen molar-refractivity contribution in [2.45, 2.75) is 26.3 Å². The Morgan fingerprint density at radius 2 is 2.00 bits per heavy atom. The van der Waals surface area contributed by atoms with Gasteiger partial charge in [0.25, 0.3) is 0 Å². The Morgan fingerprint density at radius 1 is 1.38 bits per heavy atom. The lowest BCUT2D eigenvalue weighted by Gasteiger charge is -1.90. The van der Waals surface area contributed by atoms with E-state index in [2.05, 4.69) is 34.8 Å². The van der Waals surface area contributed by atoms with Crippen LogP contribution in [0.2, 0.25) is 0 Å². The normalized spacial score (nSPS) is 7.85. The first-order valence-electron chi connectivity index (χ1n) is 3.84. The van der Waals surface area contributed by atoms with Crippen molar-refractivity contribution in [2.24, 2.45) is 7.05 Å². The van der Waals surface area contributed by atoms with E-state index in [-0.39, 0.29) is 46.7 Å². The highest BCUT2D eigenvalue weighted by Crippen LogP contribution is 1.91. The Morgan fingerprint density at radius 3 is 2.38 bits per heavy atom. The van der Waals surface area contributed by atoms with Crippen LogP contribution in [0.4, 0.5) is 0 Å². The number of hydrogen-bond acceptors (Lipinski definition) is 0. The van der Waals surface area contributed by atoms with Crippen LogP contribution >= 0.6 is 12.4 Å². The van der Waals surface area contributed by atoms with Crippen molar-refractivity contribution >= 4 is 29.8 Å². The maximum absolute atomic E-state index is 2.21. The second-order valence-electron chi connectivity index (χ2n) is 2.67. The fourth-order valence-electron chi connectivity index (χ4n) is 0.975. The molecule has 1 heterocycles. The zero-order valence-corrected chi connectivity index (χ0v) is 11.7. The third kappa shape index (κ3) is 7.57. The lowest BCUT2D eigenvalue weighted by atomic mass is 10.3. The Kier molecular flexibility index (Phi) is 15.6. The number of nitrogens with zero attached hydrogens (tertiary/aromatic N) is 2. The van der Waals surface area contributed by atoms with Gasteiger partial charge < -0.3 is 17.0 Å². The molecule has 0 aliphatic rings. The molecule has 5 heteroatoms. The fourth-order valence-corrected chi connectivity index (χ4v) is 0.975. The van der Waals surface area contributed by atoms with Crippen LogP contribution in [-0.2, 0) is 13.6 Å². The molecule has 0 N–H and O–H groups in total. The first-order valence-corrected chi connectivity index (χ1v) is 3.84. The molecule has 0 unspecified atom stereocenters. The molecule has 1 rings (SSSR count). The summed E-state index contributed by atoms with van der Waals surface area (Å²) in [7, 11) is 2.04. The molecule has 0 atom stereocenters. The van der Waals surface area contributed by atoms with E-state index in [0.717, 1.165) is 6.54 Å². The van der Waals surface area contributed by atoms with Gasteiger partial charge in [-0.25, -0.2) is 9.13 Å². The van der Waals surface area contributed by atoms with Gasteiger partial charge in [-0.15, -0.1) is 12.4 Å². The predicted octanol–water partition coefficient (Wildman–Crippen LogP) is -1.84. The molecule has 0 spiro atoms. The first-order chi connectivity index (χ1) is 4.83. The van der Waals surface area contributed by atoms with Crippen molar-refractivity contribution < 1.29 is 21.5 Å². The van der Waals surface area contributed by atoms with Crippen molar-refractivity contribution in [3.05, 3.63) is 18.7 Å². The number of hydrogen-bond donors (Lipinski definition) is 0. The molecule has 1 aromatic rings. The molecule has 0 aliphatic heterocycles. The summed E-state index contributed by atoms with van der Waals surface area (Å²) < 4.78 is 4.28. The molecular formula is C8H16AlBrClN2. The van der Waals surface area contributed by atoms with E-state index in [0.29, 0.717) is 0 Å². The molecule has 0 saturated carbocycles. The maximum Gasteiger partial charge on any atom is 0.243 e. The van der Waals surface area contributed by atoms with Gasteiger partial charge in [0.2, 0.25) is 6.33 Å². The van der Waals surface area contributed by atoms with Crippen molar-refractivity contribution in [3.63, 3.8) is 0 Å². The molecule has 0 aromatic carbocycles. The maximum atomic E-state index is 2.21. The third-order valence-electron chi connectivity index (χ3n) is 1.59. The van der Waals surface area contributed by atoms with Crippen molar-refractivity contribution in [1.29, 1.82) is 0 Å². The average molecular weight is 283 g/mol. The van der Waals surface area contributed by atoms with Gasteiger partial charge in [0.05, 0.1) is 13.6 Å². The molecule has 2 nitrogen and oxygen atoms in total. The van der Waals surface area contributed by atoms with Gasteiger partial charge in [0, 0.05) is 17.4 Å². The van der Waals surface area contributed by atoms with Crippen LogP contribution in [0.5, 0.6) is 0 Å². The molecule has 3 radical (unpaired) electrons. The summed E-state index contributed by atoms with van der Waals surface area (Å²) >= 11 is 0. The third-order valence-corrected chi connectivity index (χ3v) is 1.59. The second kappa shape index (κ2) is 10.6. The van der Waals surface area contributed by atoms with Crippen LogP contribution in [0.1, 0.15) is 19.8 Å². The monoisotopic (exact) mass is 281 g/mol. The number of halogens is 2. The Hall–Kier alpha value is 0.512. The lowest BCUT2D eigenvalue weighted by molar-refractivity contribution is -0.671. The molecule has 0 fully saturated rings. The summed E-state index contributed by atoms with van der Waals surface area (Å²) in [5.41, 5.74) is 0. The van der Waals surface area contributed by atoms with E-state index >= 15 is 0 Å². The summed E-state index contributed by atoms with van der Waals surface area (Å²) in [5.74, 6) is 0. The summed E-state index contributed by atoms with van der Waals surface area (Å²) in [6, 6.07) is 0. The van der Waals surface area contributed by atoms with Gasteiger partial charge in [-0.2, -0.15) is 0 Å². The highest BCUT2D eigenvalue weighted by atomic mass is 79.9. The Labute approximate surface area is 108 Å². The largest absolute Gasteiger partial charge is 1.00 e. The summed E-state index contributed by atoms with van der Waals surface area (Å²) in [4.78, 5) is 0. The zero-order valence-electron chi connectivity index (χ0n) is 8.11. The standard InChI is InChI=1S/C8H15N2.Al.BrH.ClH/c1-3-4-5-10-7-6-9(2)8-10;;;/h6-8H,3-5H2,1-2H3;;2*1H/q+1;;;/p-1. The topological polar surface area (TPSA) is 8.81 Å². The van der Waals surface area contributed by atoms with Gasteiger partial charge in [-0.3, -0.25) is 0 Å². The minimum Gasteiger partial charge on any atom is -1.00 e. The van der Waals surface area contributed by atoms with E-state index in [1.807, 2.05) is 7.05 Å². The average Bonchev–Trinajstić information content (AvgIpc) is 2.31. The van der Waals surface area contributed by atoms with Crippen molar-refractivity contribution in [1.82, 2.24) is 4.57 Å². The van der Waals surface area contributed by atoms with Gasteiger partial charge in [-0.1, -0.05) is 13.3 Å². The van der Waals surface area contributed by atoms with E-state index < -0.39 is 0 Å². The first kappa shape index (κ1) is 19.1. The van der Waals surface area contributed by atoms with Crippen LogP contribution < -0.4 is 21.5 Å². The smallest absolute Gasteiger partial charge is 0.243 e.